The Morgan fingerprint density at radius 1 is 0.833 bits per heavy atom. The van der Waals surface area contributed by atoms with Crippen molar-refractivity contribution in [3.05, 3.63) is 53.6 Å². The molecule has 3 N–H and O–H groups in total. The van der Waals surface area contributed by atoms with Gasteiger partial charge in [0.2, 0.25) is 0 Å². The zero-order valence-corrected chi connectivity index (χ0v) is 9.34. The standard InChI is InChI=1S/C14H11FO3/c15-14(10-1-3-11(16)4-2-10)7-9-5-12(17)8-13(18)6-9/h1-8,16-18H. The minimum absolute atomic E-state index is 0.0570. The van der Waals surface area contributed by atoms with Gasteiger partial charge in [-0.25, -0.2) is 4.39 Å². The second kappa shape index (κ2) is 4.79. The lowest BCUT2D eigenvalue weighted by atomic mass is 10.1. The molecule has 3 nitrogen and oxygen atoms in total. The number of rotatable bonds is 2. The molecular formula is C14H11FO3. The van der Waals surface area contributed by atoms with Crippen LogP contribution in [0.4, 0.5) is 4.39 Å². The van der Waals surface area contributed by atoms with E-state index in [1.54, 1.807) is 0 Å². The van der Waals surface area contributed by atoms with Gasteiger partial charge in [0.05, 0.1) is 0 Å². The van der Waals surface area contributed by atoms with Gasteiger partial charge in [0, 0.05) is 11.6 Å². The van der Waals surface area contributed by atoms with E-state index in [-0.39, 0.29) is 17.2 Å². The molecule has 0 atom stereocenters. The van der Waals surface area contributed by atoms with Gasteiger partial charge in [-0.2, -0.15) is 0 Å². The minimum Gasteiger partial charge on any atom is -0.508 e. The molecule has 2 aromatic rings. The zero-order chi connectivity index (χ0) is 13.1. The second-order valence-corrected chi connectivity index (χ2v) is 3.82. The average Bonchev–Trinajstić information content (AvgIpc) is 2.28. The SMILES string of the molecule is Oc1ccc(C(F)=Cc2cc(O)cc(O)c2)cc1. The van der Waals surface area contributed by atoms with Crippen LogP contribution in [-0.2, 0) is 0 Å². The van der Waals surface area contributed by atoms with Gasteiger partial charge in [0.1, 0.15) is 23.1 Å². The number of hydrogen-bond acceptors (Lipinski definition) is 3. The Hall–Kier alpha value is -2.49. The van der Waals surface area contributed by atoms with E-state index in [4.69, 9.17) is 5.11 Å². The van der Waals surface area contributed by atoms with Crippen molar-refractivity contribution in [1.82, 2.24) is 0 Å². The van der Waals surface area contributed by atoms with Crippen molar-refractivity contribution in [2.75, 3.05) is 0 Å². The van der Waals surface area contributed by atoms with Gasteiger partial charge < -0.3 is 15.3 Å². The number of phenols is 3. The summed E-state index contributed by atoms with van der Waals surface area (Å²) in [5.41, 5.74) is 0.647. The zero-order valence-electron chi connectivity index (χ0n) is 9.34. The normalized spacial score (nSPS) is 11.5. The topological polar surface area (TPSA) is 60.7 Å². The van der Waals surface area contributed by atoms with E-state index in [0.29, 0.717) is 11.1 Å². The molecule has 0 heterocycles. The first-order chi connectivity index (χ1) is 8.54. The van der Waals surface area contributed by atoms with Crippen molar-refractivity contribution in [3.63, 3.8) is 0 Å². The smallest absolute Gasteiger partial charge is 0.131 e. The Morgan fingerprint density at radius 3 is 1.94 bits per heavy atom. The van der Waals surface area contributed by atoms with Crippen LogP contribution in [0.15, 0.2) is 42.5 Å². The summed E-state index contributed by atoms with van der Waals surface area (Å²) in [4.78, 5) is 0. The third-order valence-corrected chi connectivity index (χ3v) is 2.36. The quantitative estimate of drug-likeness (QED) is 0.713. The lowest BCUT2D eigenvalue weighted by Gasteiger charge is -2.01. The highest BCUT2D eigenvalue weighted by atomic mass is 19.1. The molecule has 92 valence electrons. The molecular weight excluding hydrogens is 235 g/mol. The van der Waals surface area contributed by atoms with Gasteiger partial charge in [0.25, 0.3) is 0 Å². The van der Waals surface area contributed by atoms with Crippen LogP contribution in [0.1, 0.15) is 11.1 Å². The predicted molar refractivity (Wildman–Crippen MR) is 66.9 cm³/mol. The fourth-order valence-corrected chi connectivity index (χ4v) is 1.55. The molecule has 0 spiro atoms. The molecule has 0 unspecified atom stereocenters. The molecule has 0 saturated heterocycles. The second-order valence-electron chi connectivity index (χ2n) is 3.82. The Balaban J connectivity index is 2.35. The summed E-state index contributed by atoms with van der Waals surface area (Å²) in [5.74, 6) is -0.749. The lowest BCUT2D eigenvalue weighted by Crippen LogP contribution is -1.79. The highest BCUT2D eigenvalue weighted by Crippen LogP contribution is 2.26. The molecule has 0 aromatic heterocycles. The Bertz CT molecular complexity index is 568. The van der Waals surface area contributed by atoms with Crippen LogP contribution >= 0.6 is 0 Å². The van der Waals surface area contributed by atoms with Crippen LogP contribution in [0.25, 0.3) is 11.9 Å². The monoisotopic (exact) mass is 246 g/mol. The Labute approximate surface area is 103 Å². The van der Waals surface area contributed by atoms with Crippen molar-refractivity contribution >= 4 is 11.9 Å². The maximum atomic E-state index is 13.8. The van der Waals surface area contributed by atoms with E-state index in [2.05, 4.69) is 0 Å². The lowest BCUT2D eigenvalue weighted by molar-refractivity contribution is 0.450. The average molecular weight is 246 g/mol. The van der Waals surface area contributed by atoms with E-state index in [1.165, 1.54) is 42.5 Å². The van der Waals surface area contributed by atoms with Crippen molar-refractivity contribution in [2.45, 2.75) is 0 Å². The maximum Gasteiger partial charge on any atom is 0.131 e. The Morgan fingerprint density at radius 2 is 1.39 bits per heavy atom. The van der Waals surface area contributed by atoms with Gasteiger partial charge in [-0.15, -0.1) is 0 Å². The maximum absolute atomic E-state index is 13.8. The summed E-state index contributed by atoms with van der Waals surface area (Å²) in [6.07, 6.45) is 1.19. The van der Waals surface area contributed by atoms with E-state index < -0.39 is 5.83 Å². The summed E-state index contributed by atoms with van der Waals surface area (Å²) in [7, 11) is 0. The Kier molecular flexibility index (Phi) is 3.19. The predicted octanol–water partition coefficient (Wildman–Crippen LogP) is 3.27. The summed E-state index contributed by atoms with van der Waals surface area (Å²) in [5, 5.41) is 27.6. The number of phenolic OH excluding ortho intramolecular Hbond substituents is 3. The molecule has 18 heavy (non-hydrogen) atoms. The highest BCUT2D eigenvalue weighted by molar-refractivity contribution is 5.77. The van der Waals surface area contributed by atoms with Crippen LogP contribution in [0.5, 0.6) is 17.2 Å². The van der Waals surface area contributed by atoms with Gasteiger partial charge in [-0.3, -0.25) is 0 Å². The van der Waals surface area contributed by atoms with Crippen molar-refractivity contribution in [2.24, 2.45) is 0 Å². The number of benzene rings is 2. The van der Waals surface area contributed by atoms with Gasteiger partial charge in [0.15, 0.2) is 0 Å². The van der Waals surface area contributed by atoms with Crippen LogP contribution in [-0.4, -0.2) is 15.3 Å². The minimum atomic E-state index is -0.528. The molecule has 0 aliphatic rings. The molecule has 0 amide bonds. The molecule has 0 bridgehead atoms. The van der Waals surface area contributed by atoms with E-state index in [1.807, 2.05) is 0 Å². The van der Waals surface area contributed by atoms with Gasteiger partial charge in [-0.05, 0) is 48.0 Å². The molecule has 4 heteroatoms. The fraction of sp³-hybridized carbons (Fsp3) is 0. The molecule has 0 saturated carbocycles. The summed E-state index contributed by atoms with van der Waals surface area (Å²) in [6, 6.07) is 9.45. The van der Waals surface area contributed by atoms with Crippen LogP contribution in [0.3, 0.4) is 0 Å². The number of halogens is 1. The van der Waals surface area contributed by atoms with E-state index in [0.717, 1.165) is 6.07 Å². The van der Waals surface area contributed by atoms with Crippen molar-refractivity contribution in [3.8, 4) is 17.2 Å². The molecule has 0 fully saturated rings. The van der Waals surface area contributed by atoms with Gasteiger partial charge in [-0.1, -0.05) is 0 Å². The number of hydrogen-bond donors (Lipinski definition) is 3. The van der Waals surface area contributed by atoms with Crippen LogP contribution in [0, 0.1) is 0 Å². The van der Waals surface area contributed by atoms with E-state index >= 15 is 0 Å². The molecule has 2 rings (SSSR count). The molecule has 2 aromatic carbocycles. The largest absolute Gasteiger partial charge is 0.508 e. The summed E-state index contributed by atoms with van der Waals surface area (Å²) in [6.45, 7) is 0. The number of aromatic hydroxyl groups is 3. The van der Waals surface area contributed by atoms with Crippen molar-refractivity contribution in [1.29, 1.82) is 0 Å². The first kappa shape index (κ1) is 12.0. The molecule has 0 aliphatic carbocycles. The first-order valence-electron chi connectivity index (χ1n) is 5.24. The third-order valence-electron chi connectivity index (χ3n) is 2.36. The fourth-order valence-electron chi connectivity index (χ4n) is 1.55. The van der Waals surface area contributed by atoms with Gasteiger partial charge >= 0.3 is 0 Å². The summed E-state index contributed by atoms with van der Waals surface area (Å²) >= 11 is 0. The van der Waals surface area contributed by atoms with Crippen LogP contribution in [0.2, 0.25) is 0 Å². The first-order valence-corrected chi connectivity index (χ1v) is 5.24. The van der Waals surface area contributed by atoms with Crippen molar-refractivity contribution < 1.29 is 19.7 Å². The summed E-state index contributed by atoms with van der Waals surface area (Å²) < 4.78 is 13.8. The molecule has 0 aliphatic heterocycles. The highest BCUT2D eigenvalue weighted by Gasteiger charge is 2.02. The van der Waals surface area contributed by atoms with E-state index in [9.17, 15) is 14.6 Å². The molecule has 0 radical (unpaired) electrons. The van der Waals surface area contributed by atoms with Crippen LogP contribution < -0.4 is 0 Å². The third kappa shape index (κ3) is 2.79.